The second kappa shape index (κ2) is 12.2. The zero-order valence-corrected chi connectivity index (χ0v) is 18.9. The number of phenolic OH excluding ortho intramolecular Hbond substituents is 1. The zero-order chi connectivity index (χ0) is 24.4. The molecule has 0 heterocycles. The molecule has 0 bridgehead atoms. The summed E-state index contributed by atoms with van der Waals surface area (Å²) in [4.78, 5) is 15.8. The van der Waals surface area contributed by atoms with Gasteiger partial charge in [-0.15, -0.1) is 0 Å². The van der Waals surface area contributed by atoms with Gasteiger partial charge in [-0.1, -0.05) is 24.3 Å². The van der Waals surface area contributed by atoms with Crippen LogP contribution in [0.4, 0.5) is 13.2 Å². The maximum Gasteiger partial charge on any atom is 0.416 e. The molecule has 180 valence electrons. The number of rotatable bonds is 11. The Kier molecular flexibility index (Phi) is 9.68. The third-order valence-corrected chi connectivity index (χ3v) is 4.71. The first-order chi connectivity index (χ1) is 15.6. The molecule has 2 rings (SSSR count). The quantitative estimate of drug-likeness (QED) is 0.393. The van der Waals surface area contributed by atoms with Gasteiger partial charge in [-0.3, -0.25) is 9.69 Å². The summed E-state index contributed by atoms with van der Waals surface area (Å²) in [6.07, 6.45) is -3.03. The van der Waals surface area contributed by atoms with Crippen molar-refractivity contribution in [2.24, 2.45) is 5.10 Å². The highest BCUT2D eigenvalue weighted by Gasteiger charge is 2.30. The molecule has 0 saturated carbocycles. The lowest BCUT2D eigenvalue weighted by Gasteiger charge is -2.21. The number of hydrogen-bond donors (Lipinski definition) is 2. The molecule has 10 heteroatoms. The molecule has 0 atom stereocenters. The van der Waals surface area contributed by atoms with E-state index >= 15 is 0 Å². The molecule has 0 spiro atoms. The third-order valence-electron chi connectivity index (χ3n) is 4.71. The fourth-order valence-corrected chi connectivity index (χ4v) is 3.03. The van der Waals surface area contributed by atoms with Crippen molar-refractivity contribution in [3.8, 4) is 11.5 Å². The molecule has 0 aromatic heterocycles. The number of hydrogen-bond acceptors (Lipinski definition) is 6. The molecule has 2 N–H and O–H groups in total. The number of amides is 1. The van der Waals surface area contributed by atoms with Crippen LogP contribution in [0.2, 0.25) is 0 Å². The van der Waals surface area contributed by atoms with Gasteiger partial charge >= 0.3 is 6.18 Å². The van der Waals surface area contributed by atoms with E-state index in [1.165, 1.54) is 12.3 Å². The Hall–Kier alpha value is -3.11. The van der Waals surface area contributed by atoms with E-state index in [9.17, 15) is 23.1 Å². The molecule has 0 unspecified atom stereocenters. The van der Waals surface area contributed by atoms with Crippen LogP contribution < -0.4 is 10.2 Å². The van der Waals surface area contributed by atoms with Gasteiger partial charge in [0.1, 0.15) is 0 Å². The highest BCUT2D eigenvalue weighted by Crippen LogP contribution is 2.30. The van der Waals surface area contributed by atoms with E-state index in [1.807, 2.05) is 4.90 Å². The first-order valence-electron chi connectivity index (χ1n) is 10.4. The van der Waals surface area contributed by atoms with E-state index in [1.54, 1.807) is 50.2 Å². The first kappa shape index (κ1) is 26.1. The highest BCUT2D eigenvalue weighted by molar-refractivity contribution is 5.86. The van der Waals surface area contributed by atoms with Crippen LogP contribution in [0.1, 0.15) is 23.6 Å². The van der Waals surface area contributed by atoms with Gasteiger partial charge in [0.05, 0.1) is 24.9 Å². The Labute approximate surface area is 191 Å². The van der Waals surface area contributed by atoms with Gasteiger partial charge in [-0.05, 0) is 44.8 Å². The predicted octanol–water partition coefficient (Wildman–Crippen LogP) is 3.32. The van der Waals surface area contributed by atoms with Gasteiger partial charge in [0, 0.05) is 25.2 Å². The number of aromatic hydroxyl groups is 1. The van der Waals surface area contributed by atoms with E-state index in [0.29, 0.717) is 43.1 Å². The minimum Gasteiger partial charge on any atom is -0.504 e. The Balaban J connectivity index is 1.77. The lowest BCUT2D eigenvalue weighted by atomic mass is 10.1. The molecule has 0 saturated heterocycles. The molecule has 0 aliphatic carbocycles. The molecule has 0 aliphatic rings. The van der Waals surface area contributed by atoms with Crippen LogP contribution in [-0.2, 0) is 17.5 Å². The van der Waals surface area contributed by atoms with Crippen LogP contribution in [0.25, 0.3) is 0 Å². The van der Waals surface area contributed by atoms with Crippen molar-refractivity contribution in [2.75, 3.05) is 40.3 Å². The Morgan fingerprint density at radius 3 is 2.55 bits per heavy atom. The van der Waals surface area contributed by atoms with Crippen molar-refractivity contribution in [2.45, 2.75) is 19.6 Å². The third kappa shape index (κ3) is 8.74. The van der Waals surface area contributed by atoms with Crippen LogP contribution in [0.15, 0.2) is 47.6 Å². The van der Waals surface area contributed by atoms with Gasteiger partial charge in [-0.2, -0.15) is 18.3 Å². The van der Waals surface area contributed by atoms with Crippen LogP contribution in [0, 0.1) is 0 Å². The Morgan fingerprint density at radius 2 is 1.85 bits per heavy atom. The molecule has 0 aliphatic heterocycles. The Morgan fingerprint density at radius 1 is 1.15 bits per heavy atom. The first-order valence-corrected chi connectivity index (χ1v) is 10.4. The second-order valence-corrected chi connectivity index (χ2v) is 7.59. The van der Waals surface area contributed by atoms with Gasteiger partial charge in [-0.25, -0.2) is 5.43 Å². The number of phenols is 1. The van der Waals surface area contributed by atoms with Gasteiger partial charge in [0.15, 0.2) is 11.5 Å². The molecular formula is C23H29F3N4O3. The standard InChI is InChI=1S/C23H29F3N4O3/c1-4-33-20-10-6-8-18(22(20)32)14-27-28-21(31)16-30(3)12-11-29(2)15-17-7-5-9-19(13-17)23(24,25)26/h5-10,13-14,32H,4,11-12,15-16H2,1-3H3,(H,28,31)/b27-14+. The van der Waals surface area contributed by atoms with Crippen molar-refractivity contribution < 1.29 is 27.8 Å². The SMILES string of the molecule is CCOc1cccc(/C=N/NC(=O)CN(C)CCN(C)Cc2cccc(C(F)(F)F)c2)c1O. The zero-order valence-electron chi connectivity index (χ0n) is 18.9. The van der Waals surface area contributed by atoms with Gasteiger partial charge in [0.25, 0.3) is 5.91 Å². The van der Waals surface area contributed by atoms with E-state index in [0.717, 1.165) is 12.1 Å². The number of likely N-dealkylation sites (N-methyl/N-ethyl adjacent to an activating group) is 2. The number of para-hydroxylation sites is 1. The van der Waals surface area contributed by atoms with E-state index in [4.69, 9.17) is 4.74 Å². The summed E-state index contributed by atoms with van der Waals surface area (Å²) in [5.41, 5.74) is 2.72. The summed E-state index contributed by atoms with van der Waals surface area (Å²) in [6, 6.07) is 10.2. The van der Waals surface area contributed by atoms with Crippen LogP contribution in [-0.4, -0.2) is 67.4 Å². The molecule has 0 radical (unpaired) electrons. The summed E-state index contributed by atoms with van der Waals surface area (Å²) in [7, 11) is 3.57. The van der Waals surface area contributed by atoms with Gasteiger partial charge < -0.3 is 14.7 Å². The molecule has 2 aromatic rings. The maximum atomic E-state index is 12.8. The second-order valence-electron chi connectivity index (χ2n) is 7.59. The topological polar surface area (TPSA) is 77.4 Å². The van der Waals surface area contributed by atoms with Crippen LogP contribution >= 0.6 is 0 Å². The van der Waals surface area contributed by atoms with Crippen molar-refractivity contribution in [1.82, 2.24) is 15.2 Å². The number of benzene rings is 2. The monoisotopic (exact) mass is 466 g/mol. The molecule has 1 amide bonds. The number of halogens is 3. The predicted molar refractivity (Wildman–Crippen MR) is 120 cm³/mol. The number of carbonyl (C=O) groups is 1. The highest BCUT2D eigenvalue weighted by atomic mass is 19.4. The summed E-state index contributed by atoms with van der Waals surface area (Å²) in [5, 5.41) is 14.0. The Bertz CT molecular complexity index is 951. The van der Waals surface area contributed by atoms with Crippen molar-refractivity contribution in [3.63, 3.8) is 0 Å². The molecule has 2 aromatic carbocycles. The molecule has 7 nitrogen and oxygen atoms in total. The van der Waals surface area contributed by atoms with Crippen molar-refractivity contribution in [3.05, 3.63) is 59.2 Å². The van der Waals surface area contributed by atoms with E-state index in [2.05, 4.69) is 10.5 Å². The summed E-state index contributed by atoms with van der Waals surface area (Å²) >= 11 is 0. The number of hydrazone groups is 1. The lowest BCUT2D eigenvalue weighted by Crippen LogP contribution is -2.37. The fraction of sp³-hybridized carbons (Fsp3) is 0.391. The van der Waals surface area contributed by atoms with E-state index in [-0.39, 0.29) is 18.2 Å². The normalized spacial score (nSPS) is 12.0. The summed E-state index contributed by atoms with van der Waals surface area (Å²) in [5.74, 6) is -0.0604. The van der Waals surface area contributed by atoms with Gasteiger partial charge in [0.2, 0.25) is 0 Å². The van der Waals surface area contributed by atoms with Crippen LogP contribution in [0.3, 0.4) is 0 Å². The number of nitrogens with zero attached hydrogens (tertiary/aromatic N) is 3. The lowest BCUT2D eigenvalue weighted by molar-refractivity contribution is -0.137. The van der Waals surface area contributed by atoms with Crippen molar-refractivity contribution in [1.29, 1.82) is 0 Å². The molecule has 0 fully saturated rings. The maximum absolute atomic E-state index is 12.8. The fourth-order valence-electron chi connectivity index (χ4n) is 3.03. The molecule has 33 heavy (non-hydrogen) atoms. The minimum absolute atomic E-state index is 0.0572. The summed E-state index contributed by atoms with van der Waals surface area (Å²) < 4.78 is 43.8. The average molecular weight is 467 g/mol. The largest absolute Gasteiger partial charge is 0.504 e. The van der Waals surface area contributed by atoms with Crippen LogP contribution in [0.5, 0.6) is 11.5 Å². The smallest absolute Gasteiger partial charge is 0.416 e. The number of nitrogens with one attached hydrogen (secondary N) is 1. The summed E-state index contributed by atoms with van der Waals surface area (Å²) in [6.45, 7) is 3.75. The number of alkyl halides is 3. The minimum atomic E-state index is -4.37. The molecular weight excluding hydrogens is 437 g/mol. The average Bonchev–Trinajstić information content (AvgIpc) is 2.74. The number of ether oxygens (including phenoxy) is 1. The van der Waals surface area contributed by atoms with E-state index < -0.39 is 11.7 Å². The van der Waals surface area contributed by atoms with Crippen molar-refractivity contribution >= 4 is 12.1 Å². The number of carbonyl (C=O) groups excluding carboxylic acids is 1.